The predicted molar refractivity (Wildman–Crippen MR) is 95.4 cm³/mol. The van der Waals surface area contributed by atoms with Gasteiger partial charge in [-0.15, -0.1) is 0 Å². The SMILES string of the molecule is O=C(Nc1cnn(Cc2ccccc2F)c1)c1cc([N+](=O)[O-])cc([N+](=O)[O-])c1. The van der Waals surface area contributed by atoms with E-state index in [4.69, 9.17) is 0 Å². The zero-order valence-electron chi connectivity index (χ0n) is 14.1. The molecule has 2 aromatic carbocycles. The average Bonchev–Trinajstić information content (AvgIpc) is 3.10. The van der Waals surface area contributed by atoms with E-state index in [0.29, 0.717) is 5.56 Å². The molecule has 0 saturated heterocycles. The van der Waals surface area contributed by atoms with Crippen molar-refractivity contribution in [1.29, 1.82) is 0 Å². The van der Waals surface area contributed by atoms with E-state index >= 15 is 0 Å². The second-order valence-corrected chi connectivity index (χ2v) is 5.72. The number of aromatic nitrogens is 2. The van der Waals surface area contributed by atoms with E-state index in [1.54, 1.807) is 18.2 Å². The zero-order valence-corrected chi connectivity index (χ0v) is 14.1. The van der Waals surface area contributed by atoms with Crippen LogP contribution in [-0.4, -0.2) is 25.5 Å². The zero-order chi connectivity index (χ0) is 20.3. The number of hydrogen-bond donors (Lipinski definition) is 1. The van der Waals surface area contributed by atoms with E-state index < -0.39 is 32.9 Å². The first kappa shape index (κ1) is 18.6. The molecule has 0 atom stereocenters. The van der Waals surface area contributed by atoms with Crippen LogP contribution in [-0.2, 0) is 6.54 Å². The molecule has 10 nitrogen and oxygen atoms in total. The molecule has 0 saturated carbocycles. The average molecular weight is 385 g/mol. The highest BCUT2D eigenvalue weighted by molar-refractivity contribution is 6.05. The lowest BCUT2D eigenvalue weighted by Crippen LogP contribution is -2.12. The maximum atomic E-state index is 13.7. The molecule has 0 aliphatic carbocycles. The van der Waals surface area contributed by atoms with Crippen LogP contribution in [0.5, 0.6) is 0 Å². The Bertz CT molecular complexity index is 1050. The number of nitro benzene ring substituents is 2. The van der Waals surface area contributed by atoms with Gasteiger partial charge in [-0.25, -0.2) is 4.39 Å². The Balaban J connectivity index is 1.78. The molecule has 0 aliphatic rings. The van der Waals surface area contributed by atoms with Gasteiger partial charge in [-0.3, -0.25) is 29.7 Å². The van der Waals surface area contributed by atoms with Gasteiger partial charge < -0.3 is 5.32 Å². The maximum absolute atomic E-state index is 13.7. The number of nitro groups is 2. The van der Waals surface area contributed by atoms with Gasteiger partial charge in [-0.2, -0.15) is 5.10 Å². The van der Waals surface area contributed by atoms with Crippen molar-refractivity contribution in [3.05, 3.63) is 92.0 Å². The number of benzene rings is 2. The number of non-ortho nitro benzene ring substituents is 2. The summed E-state index contributed by atoms with van der Waals surface area (Å²) in [6.45, 7) is 0.130. The van der Waals surface area contributed by atoms with Crippen LogP contribution in [0.4, 0.5) is 21.5 Å². The Kier molecular flexibility index (Phi) is 5.07. The van der Waals surface area contributed by atoms with Crippen LogP contribution < -0.4 is 5.32 Å². The van der Waals surface area contributed by atoms with E-state index in [1.807, 2.05) is 0 Å². The summed E-state index contributed by atoms with van der Waals surface area (Å²) in [5.74, 6) is -1.18. The highest BCUT2D eigenvalue weighted by Gasteiger charge is 2.20. The van der Waals surface area contributed by atoms with E-state index in [9.17, 15) is 29.4 Å². The van der Waals surface area contributed by atoms with E-state index in [2.05, 4.69) is 10.4 Å². The lowest BCUT2D eigenvalue weighted by atomic mass is 10.1. The molecule has 1 N–H and O–H groups in total. The number of rotatable bonds is 6. The van der Waals surface area contributed by atoms with Crippen molar-refractivity contribution in [3.63, 3.8) is 0 Å². The van der Waals surface area contributed by atoms with Crippen molar-refractivity contribution >= 4 is 23.0 Å². The van der Waals surface area contributed by atoms with Crippen LogP contribution in [0.1, 0.15) is 15.9 Å². The molecule has 0 unspecified atom stereocenters. The number of carbonyl (C=O) groups is 1. The van der Waals surface area contributed by atoms with Gasteiger partial charge >= 0.3 is 0 Å². The summed E-state index contributed by atoms with van der Waals surface area (Å²) in [6.07, 6.45) is 2.75. The monoisotopic (exact) mass is 385 g/mol. The first-order chi connectivity index (χ1) is 13.3. The number of hydrogen-bond acceptors (Lipinski definition) is 6. The lowest BCUT2D eigenvalue weighted by Gasteiger charge is -2.04. The topological polar surface area (TPSA) is 133 Å². The third-order valence-corrected chi connectivity index (χ3v) is 3.77. The minimum atomic E-state index is -0.823. The van der Waals surface area contributed by atoms with Crippen LogP contribution in [0.25, 0.3) is 0 Å². The van der Waals surface area contributed by atoms with Crippen molar-refractivity contribution < 1.29 is 19.0 Å². The molecule has 0 radical (unpaired) electrons. The second kappa shape index (κ2) is 7.61. The molecule has 11 heteroatoms. The fourth-order valence-electron chi connectivity index (χ4n) is 2.46. The molecule has 3 aromatic rings. The van der Waals surface area contributed by atoms with Crippen molar-refractivity contribution in [2.24, 2.45) is 0 Å². The Morgan fingerprint density at radius 1 is 1.11 bits per heavy atom. The fourth-order valence-corrected chi connectivity index (χ4v) is 2.46. The highest BCUT2D eigenvalue weighted by atomic mass is 19.1. The van der Waals surface area contributed by atoms with Gasteiger partial charge in [0.25, 0.3) is 17.3 Å². The molecule has 0 aliphatic heterocycles. The Morgan fingerprint density at radius 3 is 2.36 bits per heavy atom. The molecular weight excluding hydrogens is 373 g/mol. The minimum Gasteiger partial charge on any atom is -0.319 e. The van der Waals surface area contributed by atoms with Crippen LogP contribution in [0.15, 0.2) is 54.9 Å². The van der Waals surface area contributed by atoms with Crippen molar-refractivity contribution in [1.82, 2.24) is 9.78 Å². The third kappa shape index (κ3) is 4.15. The number of amides is 1. The maximum Gasteiger partial charge on any atom is 0.277 e. The Labute approximate surface area is 156 Å². The summed E-state index contributed by atoms with van der Waals surface area (Å²) in [5, 5.41) is 28.3. The summed E-state index contributed by atoms with van der Waals surface area (Å²) in [7, 11) is 0. The number of halogens is 1. The van der Waals surface area contributed by atoms with Gasteiger partial charge in [0.2, 0.25) is 0 Å². The largest absolute Gasteiger partial charge is 0.319 e. The molecule has 0 spiro atoms. The smallest absolute Gasteiger partial charge is 0.277 e. The molecule has 3 rings (SSSR count). The summed E-state index contributed by atoms with van der Waals surface area (Å²) >= 11 is 0. The van der Waals surface area contributed by atoms with Gasteiger partial charge in [0.15, 0.2) is 0 Å². The van der Waals surface area contributed by atoms with Crippen molar-refractivity contribution in [3.8, 4) is 0 Å². The van der Waals surface area contributed by atoms with Gasteiger partial charge in [-0.1, -0.05) is 18.2 Å². The third-order valence-electron chi connectivity index (χ3n) is 3.77. The molecule has 0 fully saturated rings. The summed E-state index contributed by atoms with van der Waals surface area (Å²) in [4.78, 5) is 32.5. The van der Waals surface area contributed by atoms with E-state index in [0.717, 1.165) is 18.2 Å². The predicted octanol–water partition coefficient (Wildman–Crippen LogP) is 3.14. The number of carbonyl (C=O) groups excluding carboxylic acids is 1. The van der Waals surface area contributed by atoms with Crippen LogP contribution >= 0.6 is 0 Å². The lowest BCUT2D eigenvalue weighted by molar-refractivity contribution is -0.394. The molecule has 0 bridgehead atoms. The number of nitrogens with zero attached hydrogens (tertiary/aromatic N) is 4. The number of anilines is 1. The molecule has 142 valence electrons. The molecule has 1 amide bonds. The van der Waals surface area contributed by atoms with Gasteiger partial charge in [0.05, 0.1) is 39.9 Å². The molecule has 1 heterocycles. The van der Waals surface area contributed by atoms with E-state index in [1.165, 1.54) is 23.1 Å². The van der Waals surface area contributed by atoms with Crippen molar-refractivity contribution in [2.75, 3.05) is 5.32 Å². The van der Waals surface area contributed by atoms with Gasteiger partial charge in [-0.05, 0) is 6.07 Å². The van der Waals surface area contributed by atoms with E-state index in [-0.39, 0.29) is 17.8 Å². The van der Waals surface area contributed by atoms with Gasteiger partial charge in [0.1, 0.15) is 5.82 Å². The standard InChI is InChI=1S/C17H12FN5O5/c18-16-4-2-1-3-11(16)9-21-10-13(8-19-21)20-17(24)12-5-14(22(25)26)7-15(6-12)23(27)28/h1-8,10H,9H2,(H,20,24). The highest BCUT2D eigenvalue weighted by Crippen LogP contribution is 2.23. The first-order valence-corrected chi connectivity index (χ1v) is 7.84. The Hall–Kier alpha value is -4.15. The Morgan fingerprint density at radius 2 is 1.75 bits per heavy atom. The minimum absolute atomic E-state index is 0.130. The second-order valence-electron chi connectivity index (χ2n) is 5.72. The molecule has 28 heavy (non-hydrogen) atoms. The number of nitrogens with one attached hydrogen (secondary N) is 1. The summed E-state index contributed by atoms with van der Waals surface area (Å²) < 4.78 is 15.1. The van der Waals surface area contributed by atoms with Crippen LogP contribution in [0.3, 0.4) is 0 Å². The summed E-state index contributed by atoms with van der Waals surface area (Å²) in [6, 6.07) is 8.79. The van der Waals surface area contributed by atoms with Crippen LogP contribution in [0.2, 0.25) is 0 Å². The van der Waals surface area contributed by atoms with Crippen LogP contribution in [0, 0.1) is 26.0 Å². The first-order valence-electron chi connectivity index (χ1n) is 7.84. The molecular formula is C17H12FN5O5. The molecule has 1 aromatic heterocycles. The summed E-state index contributed by atoms with van der Waals surface area (Å²) in [5.41, 5.74) is -0.750. The normalized spacial score (nSPS) is 10.5. The fraction of sp³-hybridized carbons (Fsp3) is 0.0588. The quantitative estimate of drug-likeness (QED) is 0.512. The van der Waals surface area contributed by atoms with Crippen molar-refractivity contribution in [2.45, 2.75) is 6.54 Å². The van der Waals surface area contributed by atoms with Gasteiger partial charge in [0, 0.05) is 23.9 Å².